The van der Waals surface area contributed by atoms with E-state index in [1.807, 2.05) is 49.4 Å². The minimum atomic E-state index is -3.25. The minimum Gasteiger partial charge on any atom is -0.445 e. The molecule has 1 atom stereocenters. The fourth-order valence-corrected chi connectivity index (χ4v) is 3.61. The number of alkyl carbamates (subject to hydrolysis) is 1. The molecular formula is C23H32N2O4S. The summed E-state index contributed by atoms with van der Waals surface area (Å²) in [6, 6.07) is 17.7. The van der Waals surface area contributed by atoms with Crippen molar-refractivity contribution in [3.63, 3.8) is 0 Å². The number of sulfonamides is 1. The number of rotatable bonds is 11. The molecule has 1 unspecified atom stereocenters. The third kappa shape index (κ3) is 8.16. The van der Waals surface area contributed by atoms with E-state index in [4.69, 9.17) is 4.74 Å². The summed E-state index contributed by atoms with van der Waals surface area (Å²) < 4.78 is 31.6. The molecule has 0 saturated heterocycles. The van der Waals surface area contributed by atoms with E-state index in [9.17, 15) is 13.2 Å². The Morgan fingerprint density at radius 2 is 1.63 bits per heavy atom. The summed E-state index contributed by atoms with van der Waals surface area (Å²) in [6.45, 7) is 6.53. The molecule has 2 aromatic rings. The van der Waals surface area contributed by atoms with E-state index in [1.54, 1.807) is 13.8 Å². The summed E-state index contributed by atoms with van der Waals surface area (Å²) in [5, 5.41) is 2.33. The smallest absolute Gasteiger partial charge is 0.407 e. The van der Waals surface area contributed by atoms with E-state index in [1.165, 1.54) is 5.56 Å². The van der Waals surface area contributed by atoms with Crippen molar-refractivity contribution in [1.29, 1.82) is 0 Å². The first-order chi connectivity index (χ1) is 14.3. The summed E-state index contributed by atoms with van der Waals surface area (Å²) >= 11 is 0. The summed E-state index contributed by atoms with van der Waals surface area (Å²) in [5.74, 6) is 0.0913. The normalized spacial score (nSPS) is 12.5. The van der Waals surface area contributed by atoms with Crippen LogP contribution in [-0.4, -0.2) is 32.9 Å². The molecular weight excluding hydrogens is 400 g/mol. The average molecular weight is 433 g/mol. The Morgan fingerprint density at radius 1 is 0.967 bits per heavy atom. The van der Waals surface area contributed by atoms with Crippen molar-refractivity contribution in [1.82, 2.24) is 10.0 Å². The summed E-state index contributed by atoms with van der Waals surface area (Å²) in [4.78, 5) is 11.7. The molecule has 0 radical (unpaired) electrons. The highest BCUT2D eigenvalue weighted by Crippen LogP contribution is 2.16. The number of carbonyl (C=O) groups excluding carboxylic acids is 1. The first-order valence-corrected chi connectivity index (χ1v) is 11.8. The van der Waals surface area contributed by atoms with Crippen LogP contribution >= 0.6 is 0 Å². The molecule has 0 bridgehead atoms. The zero-order valence-corrected chi connectivity index (χ0v) is 18.7. The van der Waals surface area contributed by atoms with E-state index in [0.717, 1.165) is 24.0 Å². The third-order valence-electron chi connectivity index (χ3n) is 4.88. The maximum absolute atomic E-state index is 11.9. The van der Waals surface area contributed by atoms with Gasteiger partial charge in [0.25, 0.3) is 0 Å². The molecule has 0 aliphatic carbocycles. The largest absolute Gasteiger partial charge is 0.445 e. The summed E-state index contributed by atoms with van der Waals surface area (Å²) in [6.07, 6.45) is 1.24. The van der Waals surface area contributed by atoms with Gasteiger partial charge >= 0.3 is 6.09 Å². The van der Waals surface area contributed by atoms with Crippen LogP contribution in [0.4, 0.5) is 4.79 Å². The predicted molar refractivity (Wildman–Crippen MR) is 120 cm³/mol. The van der Waals surface area contributed by atoms with Gasteiger partial charge < -0.3 is 10.1 Å². The van der Waals surface area contributed by atoms with Crippen molar-refractivity contribution < 1.29 is 17.9 Å². The molecule has 6 nitrogen and oxygen atoms in total. The Labute approximate surface area is 180 Å². The summed E-state index contributed by atoms with van der Waals surface area (Å²) in [7, 11) is -3.25. The van der Waals surface area contributed by atoms with Gasteiger partial charge in [0.2, 0.25) is 10.0 Å². The van der Waals surface area contributed by atoms with Crippen LogP contribution < -0.4 is 10.0 Å². The lowest BCUT2D eigenvalue weighted by molar-refractivity contribution is 0.139. The molecule has 0 spiro atoms. The fourth-order valence-electron chi connectivity index (χ4n) is 2.80. The number of aryl methyl sites for hydroxylation is 1. The molecule has 0 saturated carbocycles. The van der Waals surface area contributed by atoms with Gasteiger partial charge in [-0.2, -0.15) is 0 Å². The van der Waals surface area contributed by atoms with Crippen molar-refractivity contribution >= 4 is 16.1 Å². The molecule has 0 aromatic heterocycles. The van der Waals surface area contributed by atoms with Crippen LogP contribution in [0.5, 0.6) is 0 Å². The molecule has 0 fully saturated rings. The molecule has 164 valence electrons. The van der Waals surface area contributed by atoms with Gasteiger partial charge in [-0.15, -0.1) is 0 Å². The Hall–Kier alpha value is -2.38. The van der Waals surface area contributed by atoms with E-state index >= 15 is 0 Å². The molecule has 2 rings (SSSR count). The quantitative estimate of drug-likeness (QED) is 0.526. The van der Waals surface area contributed by atoms with Crippen molar-refractivity contribution in [3.05, 3.63) is 71.3 Å². The minimum absolute atomic E-state index is 0.0913. The number of nitrogens with one attached hydrogen (secondary N) is 2. The van der Waals surface area contributed by atoms with Crippen molar-refractivity contribution in [2.45, 2.75) is 51.4 Å². The van der Waals surface area contributed by atoms with Gasteiger partial charge in [-0.3, -0.25) is 0 Å². The Kier molecular flexibility index (Phi) is 9.33. The molecule has 0 aliphatic heterocycles. The van der Waals surface area contributed by atoms with E-state index in [-0.39, 0.29) is 12.5 Å². The first-order valence-electron chi connectivity index (χ1n) is 10.3. The van der Waals surface area contributed by atoms with Crippen molar-refractivity contribution in [2.75, 3.05) is 13.1 Å². The number of benzene rings is 2. The first kappa shape index (κ1) is 23.9. The highest BCUT2D eigenvalue weighted by atomic mass is 32.2. The number of hydrogen-bond donors (Lipinski definition) is 2. The zero-order chi connectivity index (χ0) is 22.0. The van der Waals surface area contributed by atoms with Crippen LogP contribution in [0, 0.1) is 0 Å². The highest BCUT2D eigenvalue weighted by molar-refractivity contribution is 7.90. The lowest BCUT2D eigenvalue weighted by Gasteiger charge is -2.15. The van der Waals surface area contributed by atoms with Gasteiger partial charge in [0, 0.05) is 13.1 Å². The highest BCUT2D eigenvalue weighted by Gasteiger charge is 2.17. The zero-order valence-electron chi connectivity index (χ0n) is 17.9. The molecule has 30 heavy (non-hydrogen) atoms. The van der Waals surface area contributed by atoms with Crippen molar-refractivity contribution in [3.8, 4) is 0 Å². The number of ether oxygens (including phenoxy) is 1. The second kappa shape index (κ2) is 11.7. The molecule has 2 N–H and O–H groups in total. The van der Waals surface area contributed by atoms with Gasteiger partial charge in [-0.1, -0.05) is 61.5 Å². The van der Waals surface area contributed by atoms with Crippen LogP contribution in [0.1, 0.15) is 49.8 Å². The number of amides is 1. The van der Waals surface area contributed by atoms with Crippen LogP contribution in [0.25, 0.3) is 0 Å². The molecule has 0 heterocycles. The lowest BCUT2D eigenvalue weighted by Crippen LogP contribution is -2.33. The third-order valence-corrected chi connectivity index (χ3v) is 6.69. The van der Waals surface area contributed by atoms with E-state index < -0.39 is 21.4 Å². The van der Waals surface area contributed by atoms with E-state index in [0.29, 0.717) is 13.1 Å². The molecule has 0 aliphatic rings. The molecule has 7 heteroatoms. The predicted octanol–water partition coefficient (Wildman–Crippen LogP) is 3.98. The van der Waals surface area contributed by atoms with Crippen LogP contribution in [0.15, 0.2) is 54.6 Å². The Morgan fingerprint density at radius 3 is 2.27 bits per heavy atom. The van der Waals surface area contributed by atoms with Crippen molar-refractivity contribution in [2.24, 2.45) is 0 Å². The van der Waals surface area contributed by atoms with Gasteiger partial charge in [0.15, 0.2) is 0 Å². The Bertz CT molecular complexity index is 881. The average Bonchev–Trinajstić information content (AvgIpc) is 2.74. The second-order valence-corrected chi connectivity index (χ2v) is 10.00. The van der Waals surface area contributed by atoms with Crippen LogP contribution in [0.3, 0.4) is 0 Å². The van der Waals surface area contributed by atoms with Crippen LogP contribution in [-0.2, 0) is 27.8 Å². The maximum atomic E-state index is 11.9. The van der Waals surface area contributed by atoms with Gasteiger partial charge in [0.05, 0.1) is 5.25 Å². The lowest BCUT2D eigenvalue weighted by atomic mass is 9.99. The molecule has 1 amide bonds. The Balaban J connectivity index is 1.67. The number of carbonyl (C=O) groups is 1. The summed E-state index contributed by atoms with van der Waals surface area (Å²) in [5.41, 5.74) is 3.22. The van der Waals surface area contributed by atoms with E-state index in [2.05, 4.69) is 22.2 Å². The number of hydrogen-bond acceptors (Lipinski definition) is 4. The topological polar surface area (TPSA) is 84.5 Å². The standard InChI is InChI=1S/C23H32N2O4S/c1-18(2)30(27,28)25-16-19(3)22-13-11-20(12-14-22)10-7-15-24-23(26)29-17-21-8-5-4-6-9-21/h4-6,8-9,11-14,18-19,25H,7,10,15-17H2,1-3H3,(H,24,26). The van der Waals surface area contributed by atoms with Crippen LogP contribution in [0.2, 0.25) is 0 Å². The SMILES string of the molecule is CC(CNS(=O)(=O)C(C)C)c1ccc(CCCNC(=O)OCc2ccccc2)cc1. The maximum Gasteiger partial charge on any atom is 0.407 e. The fraction of sp³-hybridized carbons (Fsp3) is 0.435. The van der Waals surface area contributed by atoms with Gasteiger partial charge in [0.1, 0.15) is 6.61 Å². The molecule has 2 aromatic carbocycles. The van der Waals surface area contributed by atoms with Gasteiger partial charge in [-0.05, 0) is 49.3 Å². The second-order valence-electron chi connectivity index (χ2n) is 7.68. The van der Waals surface area contributed by atoms with Gasteiger partial charge in [-0.25, -0.2) is 17.9 Å². The monoisotopic (exact) mass is 432 g/mol.